The van der Waals surface area contributed by atoms with Crippen LogP contribution in [0.15, 0.2) is 47.4 Å². The SMILES string of the molecule is Cc1cc(S(=O)(=O)Nc2ccc(C(N)=O)cc2)ccc1N1CCCC1=O. The predicted molar refractivity (Wildman–Crippen MR) is 98.5 cm³/mol. The van der Waals surface area contributed by atoms with Gasteiger partial charge in [-0.1, -0.05) is 0 Å². The summed E-state index contributed by atoms with van der Waals surface area (Å²) in [6.07, 6.45) is 1.32. The molecule has 2 aromatic rings. The second-order valence-corrected chi connectivity index (χ2v) is 7.83. The van der Waals surface area contributed by atoms with E-state index in [0.717, 1.165) is 12.1 Å². The van der Waals surface area contributed by atoms with Crippen molar-refractivity contribution in [2.45, 2.75) is 24.7 Å². The molecule has 3 rings (SSSR count). The molecular formula is C18H19N3O4S. The van der Waals surface area contributed by atoms with Crippen LogP contribution in [0.4, 0.5) is 11.4 Å². The van der Waals surface area contributed by atoms with E-state index in [1.165, 1.54) is 30.3 Å². The number of benzene rings is 2. The first-order chi connectivity index (χ1) is 12.3. The Morgan fingerprint density at radius 1 is 1.15 bits per heavy atom. The highest BCUT2D eigenvalue weighted by Crippen LogP contribution is 2.28. The number of primary amides is 1. The highest BCUT2D eigenvalue weighted by atomic mass is 32.2. The molecule has 1 fully saturated rings. The second-order valence-electron chi connectivity index (χ2n) is 6.14. The van der Waals surface area contributed by atoms with Crippen LogP contribution in [0.3, 0.4) is 0 Å². The number of carbonyl (C=O) groups excluding carboxylic acids is 2. The zero-order chi connectivity index (χ0) is 18.9. The standard InChI is InChI=1S/C18H19N3O4S/c1-12-11-15(8-9-16(12)21-10-2-3-17(21)22)26(24,25)20-14-6-4-13(5-7-14)18(19)23/h4-9,11,20H,2-3,10H2,1H3,(H2,19,23). The van der Waals surface area contributed by atoms with E-state index in [1.807, 2.05) is 0 Å². The first-order valence-corrected chi connectivity index (χ1v) is 9.60. The van der Waals surface area contributed by atoms with E-state index in [4.69, 9.17) is 5.73 Å². The van der Waals surface area contributed by atoms with Crippen molar-refractivity contribution in [1.29, 1.82) is 0 Å². The molecule has 1 aliphatic heterocycles. The Labute approximate surface area is 151 Å². The summed E-state index contributed by atoms with van der Waals surface area (Å²) in [6.45, 7) is 2.43. The van der Waals surface area contributed by atoms with E-state index in [-0.39, 0.29) is 10.8 Å². The summed E-state index contributed by atoms with van der Waals surface area (Å²) in [6, 6.07) is 10.5. The maximum absolute atomic E-state index is 12.6. The van der Waals surface area contributed by atoms with Gasteiger partial charge in [0.2, 0.25) is 11.8 Å². The van der Waals surface area contributed by atoms with Crippen molar-refractivity contribution in [3.63, 3.8) is 0 Å². The maximum atomic E-state index is 12.6. The first kappa shape index (κ1) is 17.9. The van der Waals surface area contributed by atoms with Crippen molar-refractivity contribution in [3.8, 4) is 0 Å². The quantitative estimate of drug-likeness (QED) is 0.835. The van der Waals surface area contributed by atoms with Crippen LogP contribution in [-0.4, -0.2) is 26.8 Å². The lowest BCUT2D eigenvalue weighted by Crippen LogP contribution is -2.24. The third-order valence-electron chi connectivity index (χ3n) is 4.26. The van der Waals surface area contributed by atoms with Crippen molar-refractivity contribution >= 4 is 33.2 Å². The summed E-state index contributed by atoms with van der Waals surface area (Å²) >= 11 is 0. The first-order valence-electron chi connectivity index (χ1n) is 8.11. The van der Waals surface area contributed by atoms with Crippen molar-refractivity contribution in [3.05, 3.63) is 53.6 Å². The number of nitrogens with one attached hydrogen (secondary N) is 1. The number of sulfonamides is 1. The van der Waals surface area contributed by atoms with E-state index in [9.17, 15) is 18.0 Å². The maximum Gasteiger partial charge on any atom is 0.261 e. The average Bonchev–Trinajstić information content (AvgIpc) is 3.00. The number of amides is 2. The smallest absolute Gasteiger partial charge is 0.261 e. The lowest BCUT2D eigenvalue weighted by Gasteiger charge is -2.19. The zero-order valence-electron chi connectivity index (χ0n) is 14.2. The summed E-state index contributed by atoms with van der Waals surface area (Å²) in [5.74, 6) is -0.529. The molecule has 26 heavy (non-hydrogen) atoms. The summed E-state index contributed by atoms with van der Waals surface area (Å²) in [4.78, 5) is 24.7. The molecule has 7 nitrogen and oxygen atoms in total. The van der Waals surface area contributed by atoms with Crippen molar-refractivity contribution in [2.75, 3.05) is 16.2 Å². The Bertz CT molecular complexity index is 968. The van der Waals surface area contributed by atoms with Crippen molar-refractivity contribution < 1.29 is 18.0 Å². The Morgan fingerprint density at radius 3 is 2.38 bits per heavy atom. The molecule has 0 saturated carbocycles. The Morgan fingerprint density at radius 2 is 1.85 bits per heavy atom. The van der Waals surface area contributed by atoms with Gasteiger partial charge in [0.15, 0.2) is 0 Å². The highest BCUT2D eigenvalue weighted by molar-refractivity contribution is 7.92. The largest absolute Gasteiger partial charge is 0.366 e. The van der Waals surface area contributed by atoms with E-state index >= 15 is 0 Å². The number of anilines is 2. The van der Waals surface area contributed by atoms with Crippen LogP contribution in [0.5, 0.6) is 0 Å². The fraction of sp³-hybridized carbons (Fsp3) is 0.222. The minimum absolute atomic E-state index is 0.0522. The normalized spacial score (nSPS) is 14.5. The average molecular weight is 373 g/mol. The molecule has 136 valence electrons. The molecule has 0 aromatic heterocycles. The molecule has 1 aliphatic rings. The molecule has 0 bridgehead atoms. The van der Waals surface area contributed by atoms with Crippen LogP contribution in [-0.2, 0) is 14.8 Å². The van der Waals surface area contributed by atoms with Gasteiger partial charge in [-0.3, -0.25) is 14.3 Å². The summed E-state index contributed by atoms with van der Waals surface area (Å²) in [7, 11) is -3.79. The number of aryl methyl sites for hydroxylation is 1. The Balaban J connectivity index is 1.84. The zero-order valence-corrected chi connectivity index (χ0v) is 15.0. The van der Waals surface area contributed by atoms with Crippen molar-refractivity contribution in [1.82, 2.24) is 0 Å². The molecule has 0 aliphatic carbocycles. The Kier molecular flexibility index (Phi) is 4.69. The lowest BCUT2D eigenvalue weighted by molar-refractivity contribution is -0.117. The fourth-order valence-corrected chi connectivity index (χ4v) is 4.06. The van der Waals surface area contributed by atoms with Gasteiger partial charge < -0.3 is 10.6 Å². The summed E-state index contributed by atoms with van der Waals surface area (Å²) in [5, 5.41) is 0. The third kappa shape index (κ3) is 3.55. The number of nitrogens with two attached hydrogens (primary N) is 1. The van der Waals surface area contributed by atoms with Gasteiger partial charge in [-0.05, 0) is 61.4 Å². The van der Waals surface area contributed by atoms with Crippen LogP contribution in [0, 0.1) is 6.92 Å². The van der Waals surface area contributed by atoms with E-state index in [2.05, 4.69) is 4.72 Å². The van der Waals surface area contributed by atoms with Gasteiger partial charge in [0.05, 0.1) is 4.90 Å². The third-order valence-corrected chi connectivity index (χ3v) is 5.64. The second kappa shape index (κ2) is 6.80. The van der Waals surface area contributed by atoms with Gasteiger partial charge in [-0.25, -0.2) is 8.42 Å². The van der Waals surface area contributed by atoms with Gasteiger partial charge in [-0.2, -0.15) is 0 Å². The Hall–Kier alpha value is -2.87. The van der Waals surface area contributed by atoms with Crippen LogP contribution in [0.2, 0.25) is 0 Å². The van der Waals surface area contributed by atoms with Crippen LogP contribution in [0.25, 0.3) is 0 Å². The van der Waals surface area contributed by atoms with E-state index in [0.29, 0.717) is 29.8 Å². The number of hydrogen-bond acceptors (Lipinski definition) is 4. The molecule has 0 unspecified atom stereocenters. The number of rotatable bonds is 5. The van der Waals surface area contributed by atoms with Gasteiger partial charge in [-0.15, -0.1) is 0 Å². The lowest BCUT2D eigenvalue weighted by atomic mass is 10.2. The fourth-order valence-electron chi connectivity index (χ4n) is 2.92. The molecule has 1 saturated heterocycles. The molecule has 2 amide bonds. The van der Waals surface area contributed by atoms with Crippen LogP contribution in [0.1, 0.15) is 28.8 Å². The number of hydrogen-bond donors (Lipinski definition) is 2. The topological polar surface area (TPSA) is 110 Å². The van der Waals surface area contributed by atoms with Gasteiger partial charge in [0, 0.05) is 29.9 Å². The summed E-state index contributed by atoms with van der Waals surface area (Å²) < 4.78 is 27.6. The van der Waals surface area contributed by atoms with E-state index in [1.54, 1.807) is 24.0 Å². The van der Waals surface area contributed by atoms with E-state index < -0.39 is 15.9 Å². The molecular weight excluding hydrogens is 354 g/mol. The number of nitrogens with zero attached hydrogens (tertiary/aromatic N) is 1. The molecule has 3 N–H and O–H groups in total. The number of carbonyl (C=O) groups is 2. The van der Waals surface area contributed by atoms with Gasteiger partial charge in [0.25, 0.3) is 10.0 Å². The van der Waals surface area contributed by atoms with Gasteiger partial charge in [0.1, 0.15) is 0 Å². The molecule has 0 spiro atoms. The van der Waals surface area contributed by atoms with Gasteiger partial charge >= 0.3 is 0 Å². The monoisotopic (exact) mass is 373 g/mol. The molecule has 2 aromatic carbocycles. The van der Waals surface area contributed by atoms with Crippen LogP contribution >= 0.6 is 0 Å². The van der Waals surface area contributed by atoms with Crippen molar-refractivity contribution in [2.24, 2.45) is 5.73 Å². The molecule has 8 heteroatoms. The predicted octanol–water partition coefficient (Wildman–Crippen LogP) is 2.02. The summed E-state index contributed by atoms with van der Waals surface area (Å²) in [5.41, 5.74) is 7.24. The molecule has 1 heterocycles. The molecule has 0 atom stereocenters. The van der Waals surface area contributed by atoms with Crippen LogP contribution < -0.4 is 15.4 Å². The minimum atomic E-state index is -3.79. The molecule has 0 radical (unpaired) electrons. The highest BCUT2D eigenvalue weighted by Gasteiger charge is 2.24. The minimum Gasteiger partial charge on any atom is -0.366 e.